The molecule has 2 N–H and O–H groups in total. The summed E-state index contributed by atoms with van der Waals surface area (Å²) in [5.74, 6) is -3.22. The van der Waals surface area contributed by atoms with Gasteiger partial charge in [-0.25, -0.2) is 13.8 Å². The van der Waals surface area contributed by atoms with Crippen LogP contribution in [0.25, 0.3) is 11.3 Å². The molecule has 3 heterocycles. The number of nitrogens with zero attached hydrogens (tertiary/aromatic N) is 4. The van der Waals surface area contributed by atoms with Crippen LogP contribution >= 0.6 is 11.3 Å². The Kier molecular flexibility index (Phi) is 9.44. The van der Waals surface area contributed by atoms with Crippen LogP contribution < -0.4 is 10.6 Å². The van der Waals surface area contributed by atoms with Crippen LogP contribution in [0.1, 0.15) is 80.4 Å². The number of aryl methyl sites for hydroxylation is 1. The Balaban J connectivity index is 1.33. The number of hydrogen-bond acceptors (Lipinski definition) is 6. The van der Waals surface area contributed by atoms with E-state index in [1.807, 2.05) is 27.8 Å². The van der Waals surface area contributed by atoms with Crippen molar-refractivity contribution in [3.63, 3.8) is 0 Å². The van der Waals surface area contributed by atoms with Crippen LogP contribution in [0.3, 0.4) is 0 Å². The zero-order chi connectivity index (χ0) is 28.8. The van der Waals surface area contributed by atoms with Crippen molar-refractivity contribution in [2.75, 3.05) is 25.0 Å². The van der Waals surface area contributed by atoms with E-state index in [4.69, 9.17) is 5.10 Å². The second kappa shape index (κ2) is 13.2. The van der Waals surface area contributed by atoms with Gasteiger partial charge >= 0.3 is 0 Å². The summed E-state index contributed by atoms with van der Waals surface area (Å²) in [6, 6.07) is 9.83. The highest BCUT2D eigenvalue weighted by Crippen LogP contribution is 2.35. The van der Waals surface area contributed by atoms with Gasteiger partial charge in [-0.05, 0) is 37.3 Å². The summed E-state index contributed by atoms with van der Waals surface area (Å²) in [7, 11) is 0. The first-order valence-electron chi connectivity index (χ1n) is 14.6. The fourth-order valence-electron chi connectivity index (χ4n) is 5.82. The maximum atomic E-state index is 13.7. The number of carbonyl (C=O) groups is 2. The normalized spacial score (nSPS) is 18.3. The van der Waals surface area contributed by atoms with E-state index < -0.39 is 12.0 Å². The van der Waals surface area contributed by atoms with Crippen LogP contribution in [0, 0.1) is 0 Å². The van der Waals surface area contributed by atoms with Crippen LogP contribution in [0.15, 0.2) is 41.9 Å². The molecule has 2 fully saturated rings. The Bertz CT molecular complexity index is 1310. The van der Waals surface area contributed by atoms with Crippen molar-refractivity contribution in [1.29, 1.82) is 0 Å². The molecule has 0 bridgehead atoms. The second-order valence-electron chi connectivity index (χ2n) is 11.1. The average molecular weight is 585 g/mol. The number of alkyl halides is 2. The third kappa shape index (κ3) is 7.56. The summed E-state index contributed by atoms with van der Waals surface area (Å²) in [4.78, 5) is 32.5. The number of halogens is 2. The zero-order valence-corrected chi connectivity index (χ0v) is 24.3. The Hall–Kier alpha value is -3.18. The molecule has 2 amide bonds. The van der Waals surface area contributed by atoms with E-state index >= 15 is 0 Å². The predicted octanol–water partition coefficient (Wildman–Crippen LogP) is 5.93. The Labute approximate surface area is 243 Å². The van der Waals surface area contributed by atoms with Gasteiger partial charge < -0.3 is 15.5 Å². The minimum atomic E-state index is -2.62. The number of likely N-dealkylation sites (tertiary alicyclic amines) is 1. The molecular weight excluding hydrogens is 546 g/mol. The first-order chi connectivity index (χ1) is 19.8. The largest absolute Gasteiger partial charge is 0.347 e. The summed E-state index contributed by atoms with van der Waals surface area (Å²) < 4.78 is 29.3. The molecule has 8 nitrogen and oxygen atoms in total. The van der Waals surface area contributed by atoms with E-state index in [-0.39, 0.29) is 37.1 Å². The first-order valence-corrected chi connectivity index (χ1v) is 15.5. The van der Waals surface area contributed by atoms with Crippen molar-refractivity contribution in [3.05, 3.63) is 53.2 Å². The van der Waals surface area contributed by atoms with Crippen LogP contribution in [0.2, 0.25) is 0 Å². The SMILES string of the molecule is CCc1ccccc1-c1cc(C(=O)N[C@@H](CCN2CCC(F)(F)CC2)CC(=O)Nc2nccs2)nn1C1CCCC1. The number of benzene rings is 1. The van der Waals surface area contributed by atoms with Gasteiger partial charge in [-0.1, -0.05) is 44.0 Å². The molecule has 1 saturated carbocycles. The van der Waals surface area contributed by atoms with Crippen molar-refractivity contribution in [2.24, 2.45) is 0 Å². The van der Waals surface area contributed by atoms with E-state index in [9.17, 15) is 18.4 Å². The quantitative estimate of drug-likeness (QED) is 0.291. The Morgan fingerprint density at radius 3 is 2.63 bits per heavy atom. The molecule has 1 aliphatic heterocycles. The minimum absolute atomic E-state index is 0.0458. The summed E-state index contributed by atoms with van der Waals surface area (Å²) in [6.07, 6.45) is 6.97. The molecule has 1 aliphatic carbocycles. The van der Waals surface area contributed by atoms with E-state index in [0.29, 0.717) is 36.9 Å². The number of anilines is 1. The van der Waals surface area contributed by atoms with Gasteiger partial charge in [-0.2, -0.15) is 5.10 Å². The molecule has 0 unspecified atom stereocenters. The third-order valence-corrected chi connectivity index (χ3v) is 8.83. The lowest BCUT2D eigenvalue weighted by Gasteiger charge is -2.32. The molecule has 11 heteroatoms. The number of hydrogen-bond donors (Lipinski definition) is 2. The molecular formula is C30H38F2N6O2S. The van der Waals surface area contributed by atoms with Crippen LogP contribution in [-0.2, 0) is 11.2 Å². The predicted molar refractivity (Wildman–Crippen MR) is 156 cm³/mol. The summed E-state index contributed by atoms with van der Waals surface area (Å²) >= 11 is 1.32. The van der Waals surface area contributed by atoms with Crippen molar-refractivity contribution in [1.82, 2.24) is 25.0 Å². The molecule has 0 spiro atoms. The van der Waals surface area contributed by atoms with Crippen molar-refractivity contribution < 1.29 is 18.4 Å². The first kappa shape index (κ1) is 29.3. The number of rotatable bonds is 11. The molecule has 220 valence electrons. The molecule has 1 aromatic carbocycles. The van der Waals surface area contributed by atoms with Crippen molar-refractivity contribution >= 4 is 28.3 Å². The Morgan fingerprint density at radius 2 is 1.93 bits per heavy atom. The maximum absolute atomic E-state index is 13.7. The topological polar surface area (TPSA) is 92.2 Å². The van der Waals surface area contributed by atoms with Crippen LogP contribution in [0.5, 0.6) is 0 Å². The number of carbonyl (C=O) groups excluding carboxylic acids is 2. The van der Waals surface area contributed by atoms with Gasteiger partial charge in [0.05, 0.1) is 11.7 Å². The van der Waals surface area contributed by atoms with E-state index in [1.54, 1.807) is 11.6 Å². The number of piperidine rings is 1. The fourth-order valence-corrected chi connectivity index (χ4v) is 6.36. The standard InChI is InChI=1S/C30H38F2N6O2S/c1-2-21-7-3-6-10-24(21)26-20-25(36-38(26)23-8-4-5-9-23)28(40)34-22(19-27(39)35-29-33-14-18-41-29)11-15-37-16-12-30(31,32)13-17-37/h3,6-7,10,14,18,20,22-23H,2,4-5,8-9,11-13,15-17,19H2,1H3,(H,34,40)(H,33,35,39)/t22-/m0/s1. The lowest BCUT2D eigenvalue weighted by atomic mass is 10.0. The molecule has 0 radical (unpaired) electrons. The van der Waals surface area contributed by atoms with Gasteiger partial charge in [-0.15, -0.1) is 11.3 Å². The highest BCUT2D eigenvalue weighted by atomic mass is 32.1. The van der Waals surface area contributed by atoms with Gasteiger partial charge in [0.2, 0.25) is 5.91 Å². The highest BCUT2D eigenvalue weighted by molar-refractivity contribution is 7.13. The molecule has 1 atom stereocenters. The number of amides is 2. The molecule has 2 aromatic heterocycles. The molecule has 5 rings (SSSR count). The fraction of sp³-hybridized carbons (Fsp3) is 0.533. The van der Waals surface area contributed by atoms with Gasteiger partial charge in [0.25, 0.3) is 11.8 Å². The maximum Gasteiger partial charge on any atom is 0.272 e. The van der Waals surface area contributed by atoms with E-state index in [1.165, 1.54) is 16.9 Å². The van der Waals surface area contributed by atoms with Crippen molar-refractivity contribution in [2.45, 2.75) is 82.7 Å². The molecule has 41 heavy (non-hydrogen) atoms. The van der Waals surface area contributed by atoms with E-state index in [0.717, 1.165) is 43.4 Å². The number of thiazole rings is 1. The number of nitrogens with one attached hydrogen (secondary N) is 2. The number of aromatic nitrogens is 3. The van der Waals surface area contributed by atoms with Gasteiger partial charge in [0.15, 0.2) is 10.8 Å². The van der Waals surface area contributed by atoms with Crippen molar-refractivity contribution in [3.8, 4) is 11.3 Å². The highest BCUT2D eigenvalue weighted by Gasteiger charge is 2.34. The lowest BCUT2D eigenvalue weighted by molar-refractivity contribution is -0.116. The van der Waals surface area contributed by atoms with Gasteiger partial charge in [0.1, 0.15) is 0 Å². The second-order valence-corrected chi connectivity index (χ2v) is 11.9. The summed E-state index contributed by atoms with van der Waals surface area (Å²) in [5.41, 5.74) is 3.53. The van der Waals surface area contributed by atoms with Crippen LogP contribution in [-0.4, -0.2) is 63.1 Å². The molecule has 3 aromatic rings. The van der Waals surface area contributed by atoms with E-state index in [2.05, 4.69) is 34.7 Å². The van der Waals surface area contributed by atoms with Crippen LogP contribution in [0.4, 0.5) is 13.9 Å². The summed E-state index contributed by atoms with van der Waals surface area (Å²) in [5, 5.41) is 12.9. The molecule has 2 aliphatic rings. The average Bonchev–Trinajstić information content (AvgIpc) is 3.74. The monoisotopic (exact) mass is 584 g/mol. The lowest BCUT2D eigenvalue weighted by Crippen LogP contribution is -2.43. The Morgan fingerprint density at radius 1 is 1.17 bits per heavy atom. The smallest absolute Gasteiger partial charge is 0.272 e. The zero-order valence-electron chi connectivity index (χ0n) is 23.5. The summed E-state index contributed by atoms with van der Waals surface area (Å²) in [6.45, 7) is 3.22. The van der Waals surface area contributed by atoms with Gasteiger partial charge in [-0.3, -0.25) is 14.3 Å². The van der Waals surface area contributed by atoms with Gasteiger partial charge in [0, 0.05) is 62.1 Å². The molecule has 1 saturated heterocycles. The third-order valence-electron chi connectivity index (χ3n) is 8.14. The minimum Gasteiger partial charge on any atom is -0.347 e.